The Morgan fingerprint density at radius 1 is 1.06 bits per heavy atom. The quantitative estimate of drug-likeness (QED) is 0.404. The number of aromatic nitrogens is 2. The number of amides is 1. The first kappa shape index (κ1) is 24.6. The van der Waals surface area contributed by atoms with Gasteiger partial charge in [0.25, 0.3) is 11.8 Å². The molecule has 0 aliphatic rings. The highest BCUT2D eigenvalue weighted by molar-refractivity contribution is 9.11. The second-order valence-corrected chi connectivity index (χ2v) is 12.5. The van der Waals surface area contributed by atoms with E-state index in [2.05, 4.69) is 31.4 Å². The van der Waals surface area contributed by atoms with Gasteiger partial charge in [0.15, 0.2) is 0 Å². The average Bonchev–Trinajstić information content (AvgIpc) is 3.35. The molecule has 0 saturated carbocycles. The highest BCUT2D eigenvalue weighted by atomic mass is 79.9. The van der Waals surface area contributed by atoms with Crippen LogP contribution in [-0.4, -0.2) is 41.9 Å². The van der Waals surface area contributed by atoms with Gasteiger partial charge >= 0.3 is 6.01 Å². The number of nitrogens with one attached hydrogen (secondary N) is 1. The molecular formula is C21H25BrN4O4S2. The number of carbonyl (C=O) groups is 1. The summed E-state index contributed by atoms with van der Waals surface area (Å²) in [4.78, 5) is 13.5. The molecule has 1 amide bonds. The minimum Gasteiger partial charge on any atom is -0.402 e. The molecule has 2 heterocycles. The molecule has 11 heteroatoms. The molecule has 0 radical (unpaired) electrons. The lowest BCUT2D eigenvalue weighted by atomic mass is 10.2. The molecule has 8 nitrogen and oxygen atoms in total. The Kier molecular flexibility index (Phi) is 7.86. The second-order valence-electron chi connectivity index (χ2n) is 8.10. The SMILES string of the molecule is CC(C)CN(CC(C)C)S(=O)(=O)c1ccc(C(=O)Nc2nnc(-c3ccc(Br)s3)o2)cc1. The number of sulfonamides is 1. The number of nitrogens with zero attached hydrogens (tertiary/aromatic N) is 3. The van der Waals surface area contributed by atoms with Gasteiger partial charge in [0.05, 0.1) is 13.6 Å². The molecular weight excluding hydrogens is 516 g/mol. The zero-order chi connectivity index (χ0) is 23.5. The lowest BCUT2D eigenvalue weighted by Crippen LogP contribution is -2.37. The topological polar surface area (TPSA) is 105 Å². The van der Waals surface area contributed by atoms with Crippen LogP contribution in [0.2, 0.25) is 0 Å². The molecule has 0 unspecified atom stereocenters. The zero-order valence-electron chi connectivity index (χ0n) is 18.2. The molecule has 1 N–H and O–H groups in total. The van der Waals surface area contributed by atoms with Crippen molar-refractivity contribution >= 4 is 49.2 Å². The Balaban J connectivity index is 1.73. The summed E-state index contributed by atoms with van der Waals surface area (Å²) in [5.74, 6) is 0.219. The molecule has 3 rings (SSSR count). The molecule has 0 bridgehead atoms. The maximum atomic E-state index is 13.1. The third-order valence-corrected chi connectivity index (χ3v) is 7.78. The maximum Gasteiger partial charge on any atom is 0.322 e. The lowest BCUT2D eigenvalue weighted by Gasteiger charge is -2.25. The first-order chi connectivity index (χ1) is 15.1. The summed E-state index contributed by atoms with van der Waals surface area (Å²) >= 11 is 4.80. The van der Waals surface area contributed by atoms with Crippen LogP contribution in [0.25, 0.3) is 10.8 Å². The second kappa shape index (κ2) is 10.2. The Morgan fingerprint density at radius 2 is 1.69 bits per heavy atom. The summed E-state index contributed by atoms with van der Waals surface area (Å²) in [6, 6.07) is 9.49. The van der Waals surface area contributed by atoms with Crippen LogP contribution < -0.4 is 5.32 Å². The van der Waals surface area contributed by atoms with Crippen molar-refractivity contribution in [1.82, 2.24) is 14.5 Å². The third kappa shape index (κ3) is 6.03. The zero-order valence-corrected chi connectivity index (χ0v) is 21.4. The molecule has 0 atom stereocenters. The maximum absolute atomic E-state index is 13.1. The van der Waals surface area contributed by atoms with Crippen molar-refractivity contribution in [2.24, 2.45) is 11.8 Å². The number of halogens is 1. The van der Waals surface area contributed by atoms with E-state index >= 15 is 0 Å². The fourth-order valence-electron chi connectivity index (χ4n) is 2.98. The van der Waals surface area contributed by atoms with Crippen molar-refractivity contribution < 1.29 is 17.6 Å². The van der Waals surface area contributed by atoms with E-state index in [1.54, 1.807) is 0 Å². The van der Waals surface area contributed by atoms with Gasteiger partial charge in [-0.15, -0.1) is 16.4 Å². The number of hydrogen-bond acceptors (Lipinski definition) is 7. The summed E-state index contributed by atoms with van der Waals surface area (Å²) in [6.07, 6.45) is 0. The van der Waals surface area contributed by atoms with Gasteiger partial charge in [-0.2, -0.15) is 4.31 Å². The number of rotatable bonds is 9. The van der Waals surface area contributed by atoms with Crippen LogP contribution in [0.5, 0.6) is 0 Å². The van der Waals surface area contributed by atoms with Gasteiger partial charge in [-0.25, -0.2) is 8.42 Å². The summed E-state index contributed by atoms with van der Waals surface area (Å²) in [7, 11) is -3.66. The Morgan fingerprint density at radius 3 is 2.22 bits per heavy atom. The molecule has 3 aromatic rings. The van der Waals surface area contributed by atoms with E-state index in [0.29, 0.717) is 19.0 Å². The van der Waals surface area contributed by atoms with Gasteiger partial charge in [-0.05, 0) is 64.2 Å². The molecule has 0 fully saturated rings. The Bertz CT molecular complexity index is 1160. The van der Waals surface area contributed by atoms with Gasteiger partial charge in [-0.3, -0.25) is 10.1 Å². The Labute approximate surface area is 200 Å². The number of benzene rings is 1. The van der Waals surface area contributed by atoms with Crippen molar-refractivity contribution in [2.45, 2.75) is 32.6 Å². The highest BCUT2D eigenvalue weighted by Crippen LogP contribution is 2.31. The van der Waals surface area contributed by atoms with Crippen LogP contribution >= 0.6 is 27.3 Å². The van der Waals surface area contributed by atoms with Gasteiger partial charge in [0, 0.05) is 18.7 Å². The predicted molar refractivity (Wildman–Crippen MR) is 128 cm³/mol. The Hall–Kier alpha value is -2.08. The van der Waals surface area contributed by atoms with E-state index in [1.807, 2.05) is 39.8 Å². The number of carbonyl (C=O) groups excluding carboxylic acids is 1. The minimum atomic E-state index is -3.66. The van der Waals surface area contributed by atoms with Gasteiger partial charge in [-0.1, -0.05) is 32.8 Å². The van der Waals surface area contributed by atoms with Crippen LogP contribution in [0.3, 0.4) is 0 Å². The summed E-state index contributed by atoms with van der Waals surface area (Å²) in [5, 5.41) is 10.3. The van der Waals surface area contributed by atoms with E-state index in [1.165, 1.54) is 39.9 Å². The van der Waals surface area contributed by atoms with Crippen molar-refractivity contribution in [1.29, 1.82) is 0 Å². The molecule has 0 aliphatic carbocycles. The average molecular weight is 541 g/mol. The van der Waals surface area contributed by atoms with Crippen molar-refractivity contribution in [3.63, 3.8) is 0 Å². The first-order valence-corrected chi connectivity index (χ1v) is 13.1. The smallest absolute Gasteiger partial charge is 0.322 e. The minimum absolute atomic E-state index is 0.0359. The standard InChI is InChI=1S/C21H25BrN4O4S2/c1-13(2)11-26(12-14(3)4)32(28,29)16-7-5-15(6-8-16)19(27)23-21-25-24-20(30-21)17-9-10-18(22)31-17/h5-10,13-14H,11-12H2,1-4H3,(H,23,25,27). The molecule has 2 aromatic heterocycles. The fraction of sp³-hybridized carbons (Fsp3) is 0.381. The van der Waals surface area contributed by atoms with E-state index in [0.717, 1.165) is 8.66 Å². The van der Waals surface area contributed by atoms with E-state index < -0.39 is 15.9 Å². The van der Waals surface area contributed by atoms with Crippen LogP contribution in [0.1, 0.15) is 38.1 Å². The van der Waals surface area contributed by atoms with Crippen molar-refractivity contribution in [3.8, 4) is 10.8 Å². The van der Waals surface area contributed by atoms with Gasteiger partial charge in [0.1, 0.15) is 0 Å². The molecule has 0 saturated heterocycles. The van der Waals surface area contributed by atoms with Crippen molar-refractivity contribution in [2.75, 3.05) is 18.4 Å². The monoisotopic (exact) mass is 540 g/mol. The van der Waals surface area contributed by atoms with Crippen LogP contribution in [-0.2, 0) is 10.0 Å². The molecule has 0 aliphatic heterocycles. The van der Waals surface area contributed by atoms with Crippen LogP contribution in [0.15, 0.2) is 49.5 Å². The number of anilines is 1. The van der Waals surface area contributed by atoms with Crippen molar-refractivity contribution in [3.05, 3.63) is 45.7 Å². The summed E-state index contributed by atoms with van der Waals surface area (Å²) in [5.41, 5.74) is 0.279. The van der Waals surface area contributed by atoms with Gasteiger partial charge in [0.2, 0.25) is 10.0 Å². The molecule has 32 heavy (non-hydrogen) atoms. The molecule has 0 spiro atoms. The fourth-order valence-corrected chi connectivity index (χ4v) is 6.06. The number of thiophene rings is 1. The predicted octanol–water partition coefficient (Wildman–Crippen LogP) is 5.12. The largest absolute Gasteiger partial charge is 0.402 e. The van der Waals surface area contributed by atoms with E-state index in [4.69, 9.17) is 4.42 Å². The van der Waals surface area contributed by atoms with E-state index in [-0.39, 0.29) is 28.3 Å². The molecule has 172 valence electrons. The third-order valence-electron chi connectivity index (χ3n) is 4.32. The lowest BCUT2D eigenvalue weighted by molar-refractivity contribution is 0.102. The number of hydrogen-bond donors (Lipinski definition) is 1. The van der Waals surface area contributed by atoms with Gasteiger partial charge < -0.3 is 4.42 Å². The van der Waals surface area contributed by atoms with Crippen LogP contribution in [0.4, 0.5) is 6.01 Å². The summed E-state index contributed by atoms with van der Waals surface area (Å²) < 4.78 is 34.1. The summed E-state index contributed by atoms with van der Waals surface area (Å²) in [6.45, 7) is 8.80. The van der Waals surface area contributed by atoms with Crippen LogP contribution in [0, 0.1) is 11.8 Å². The highest BCUT2D eigenvalue weighted by Gasteiger charge is 2.26. The normalized spacial score (nSPS) is 12.1. The first-order valence-electron chi connectivity index (χ1n) is 10.1. The molecule has 1 aromatic carbocycles. The van der Waals surface area contributed by atoms with E-state index in [9.17, 15) is 13.2 Å².